The van der Waals surface area contributed by atoms with Crippen LogP contribution in [0.2, 0.25) is 0 Å². The molecular formula is C12H21N5O4. The maximum absolute atomic E-state index is 11.5. The van der Waals surface area contributed by atoms with Crippen LogP contribution in [0.25, 0.3) is 0 Å². The number of aryl methyl sites for hydroxylation is 2. The van der Waals surface area contributed by atoms with Gasteiger partial charge in [-0.2, -0.15) is 5.10 Å². The SMILES string of the molecule is CCn1nc(C)c([N+](=O)[O-])c1NCCC(=O)NCCOC. The van der Waals surface area contributed by atoms with Crippen LogP contribution in [0.4, 0.5) is 11.5 Å². The van der Waals surface area contributed by atoms with Crippen LogP contribution in [0.3, 0.4) is 0 Å². The lowest BCUT2D eigenvalue weighted by atomic mass is 10.3. The van der Waals surface area contributed by atoms with Gasteiger partial charge in [0.1, 0.15) is 5.69 Å². The fraction of sp³-hybridized carbons (Fsp3) is 0.667. The predicted molar refractivity (Wildman–Crippen MR) is 77.3 cm³/mol. The third-order valence-corrected chi connectivity index (χ3v) is 2.85. The Labute approximate surface area is 122 Å². The standard InChI is InChI=1S/C12H21N5O4/c1-4-16-12(11(17(19)20)9(2)15-16)14-6-5-10(18)13-7-8-21-3/h14H,4-8H2,1-3H3,(H,13,18). The van der Waals surface area contributed by atoms with Gasteiger partial charge in [0.2, 0.25) is 11.7 Å². The Balaban J connectivity index is 2.59. The first kappa shape index (κ1) is 16.9. The lowest BCUT2D eigenvalue weighted by Crippen LogP contribution is -2.28. The number of hydrogen-bond donors (Lipinski definition) is 2. The summed E-state index contributed by atoms with van der Waals surface area (Å²) < 4.78 is 6.35. The summed E-state index contributed by atoms with van der Waals surface area (Å²) in [5.41, 5.74) is 0.311. The molecule has 2 N–H and O–H groups in total. The van der Waals surface area contributed by atoms with Gasteiger partial charge in [0.05, 0.1) is 11.5 Å². The van der Waals surface area contributed by atoms with Crippen molar-refractivity contribution in [1.29, 1.82) is 0 Å². The minimum Gasteiger partial charge on any atom is -0.383 e. The number of carbonyl (C=O) groups is 1. The van der Waals surface area contributed by atoms with Crippen molar-refractivity contribution in [2.24, 2.45) is 0 Å². The number of ether oxygens (including phenoxy) is 1. The van der Waals surface area contributed by atoms with Crippen molar-refractivity contribution in [3.05, 3.63) is 15.8 Å². The molecule has 0 fully saturated rings. The summed E-state index contributed by atoms with van der Waals surface area (Å²) in [6.07, 6.45) is 0.217. The fourth-order valence-corrected chi connectivity index (χ4v) is 1.87. The fourth-order valence-electron chi connectivity index (χ4n) is 1.87. The quantitative estimate of drug-likeness (QED) is 0.394. The Bertz CT molecular complexity index is 500. The first-order valence-electron chi connectivity index (χ1n) is 6.72. The van der Waals surface area contributed by atoms with Crippen LogP contribution >= 0.6 is 0 Å². The van der Waals surface area contributed by atoms with Gasteiger partial charge in [-0.25, -0.2) is 4.68 Å². The highest BCUT2D eigenvalue weighted by molar-refractivity contribution is 5.76. The van der Waals surface area contributed by atoms with Crippen molar-refractivity contribution in [2.75, 3.05) is 32.1 Å². The highest BCUT2D eigenvalue weighted by Crippen LogP contribution is 2.27. The number of aromatic nitrogens is 2. The molecule has 0 bridgehead atoms. The number of amides is 1. The molecule has 0 saturated carbocycles. The molecule has 0 saturated heterocycles. The zero-order valence-electron chi connectivity index (χ0n) is 12.5. The lowest BCUT2D eigenvalue weighted by Gasteiger charge is -2.08. The zero-order chi connectivity index (χ0) is 15.8. The molecule has 1 rings (SSSR count). The molecule has 0 aromatic carbocycles. The van der Waals surface area contributed by atoms with Crippen LogP contribution in [-0.2, 0) is 16.1 Å². The zero-order valence-corrected chi connectivity index (χ0v) is 12.5. The maximum Gasteiger partial charge on any atom is 0.333 e. The first-order valence-corrected chi connectivity index (χ1v) is 6.72. The van der Waals surface area contributed by atoms with E-state index in [4.69, 9.17) is 4.74 Å². The van der Waals surface area contributed by atoms with E-state index in [0.29, 0.717) is 37.8 Å². The Kier molecular flexibility index (Phi) is 6.60. The van der Waals surface area contributed by atoms with Crippen LogP contribution in [0.1, 0.15) is 19.0 Å². The second-order valence-electron chi connectivity index (χ2n) is 4.38. The molecule has 0 spiro atoms. The molecule has 0 aliphatic rings. The van der Waals surface area contributed by atoms with Crippen molar-refractivity contribution in [2.45, 2.75) is 26.8 Å². The normalized spacial score (nSPS) is 10.4. The maximum atomic E-state index is 11.5. The number of nitrogens with one attached hydrogen (secondary N) is 2. The molecule has 0 unspecified atom stereocenters. The third kappa shape index (κ3) is 4.71. The van der Waals surface area contributed by atoms with Crippen molar-refractivity contribution >= 4 is 17.4 Å². The summed E-state index contributed by atoms with van der Waals surface area (Å²) >= 11 is 0. The molecule has 1 aromatic heterocycles. The molecule has 9 heteroatoms. The van der Waals surface area contributed by atoms with Gasteiger partial charge in [-0.3, -0.25) is 14.9 Å². The van der Waals surface area contributed by atoms with E-state index in [1.807, 2.05) is 6.92 Å². The van der Waals surface area contributed by atoms with Crippen LogP contribution in [0.15, 0.2) is 0 Å². The Hall–Kier alpha value is -2.16. The van der Waals surface area contributed by atoms with Gasteiger partial charge in [0.15, 0.2) is 0 Å². The number of methoxy groups -OCH3 is 1. The smallest absolute Gasteiger partial charge is 0.333 e. The Morgan fingerprint density at radius 3 is 2.76 bits per heavy atom. The number of anilines is 1. The number of rotatable bonds is 9. The van der Waals surface area contributed by atoms with Crippen molar-refractivity contribution in [1.82, 2.24) is 15.1 Å². The summed E-state index contributed by atoms with van der Waals surface area (Å²) in [6.45, 7) is 5.14. The van der Waals surface area contributed by atoms with Gasteiger partial charge in [-0.1, -0.05) is 0 Å². The highest BCUT2D eigenvalue weighted by atomic mass is 16.6. The van der Waals surface area contributed by atoms with E-state index in [1.165, 1.54) is 4.68 Å². The van der Waals surface area contributed by atoms with E-state index in [9.17, 15) is 14.9 Å². The summed E-state index contributed by atoms with van der Waals surface area (Å²) in [7, 11) is 1.56. The molecule has 118 valence electrons. The van der Waals surface area contributed by atoms with E-state index in [-0.39, 0.29) is 18.0 Å². The van der Waals surface area contributed by atoms with Gasteiger partial charge < -0.3 is 15.4 Å². The molecule has 21 heavy (non-hydrogen) atoms. The van der Waals surface area contributed by atoms with Crippen LogP contribution in [0, 0.1) is 17.0 Å². The van der Waals surface area contributed by atoms with E-state index in [1.54, 1.807) is 14.0 Å². The summed E-state index contributed by atoms with van der Waals surface area (Å²) in [5.74, 6) is 0.200. The summed E-state index contributed by atoms with van der Waals surface area (Å²) in [4.78, 5) is 22.1. The van der Waals surface area contributed by atoms with Crippen LogP contribution in [0.5, 0.6) is 0 Å². The Morgan fingerprint density at radius 1 is 1.48 bits per heavy atom. The second-order valence-corrected chi connectivity index (χ2v) is 4.38. The molecule has 0 radical (unpaired) electrons. The van der Waals surface area contributed by atoms with E-state index in [0.717, 1.165) is 0 Å². The molecule has 9 nitrogen and oxygen atoms in total. The topological polar surface area (TPSA) is 111 Å². The van der Waals surface area contributed by atoms with E-state index < -0.39 is 4.92 Å². The van der Waals surface area contributed by atoms with Crippen LogP contribution < -0.4 is 10.6 Å². The van der Waals surface area contributed by atoms with Crippen molar-refractivity contribution in [3.63, 3.8) is 0 Å². The number of carbonyl (C=O) groups excluding carboxylic acids is 1. The van der Waals surface area contributed by atoms with E-state index >= 15 is 0 Å². The number of nitro groups is 1. The van der Waals surface area contributed by atoms with Crippen molar-refractivity contribution in [3.8, 4) is 0 Å². The largest absolute Gasteiger partial charge is 0.383 e. The lowest BCUT2D eigenvalue weighted by molar-refractivity contribution is -0.384. The molecule has 0 atom stereocenters. The molecule has 0 aliphatic carbocycles. The highest BCUT2D eigenvalue weighted by Gasteiger charge is 2.24. The predicted octanol–water partition coefficient (Wildman–Crippen LogP) is 0.684. The number of hydrogen-bond acceptors (Lipinski definition) is 6. The minimum atomic E-state index is -0.463. The van der Waals surface area contributed by atoms with Gasteiger partial charge in [-0.15, -0.1) is 0 Å². The average molecular weight is 299 g/mol. The molecular weight excluding hydrogens is 278 g/mol. The molecule has 1 amide bonds. The summed E-state index contributed by atoms with van der Waals surface area (Å²) in [5, 5.41) is 20.8. The Morgan fingerprint density at radius 2 is 2.19 bits per heavy atom. The van der Waals surface area contributed by atoms with Gasteiger partial charge in [0.25, 0.3) is 0 Å². The van der Waals surface area contributed by atoms with E-state index in [2.05, 4.69) is 15.7 Å². The van der Waals surface area contributed by atoms with Gasteiger partial charge >= 0.3 is 5.69 Å². The van der Waals surface area contributed by atoms with Crippen molar-refractivity contribution < 1.29 is 14.5 Å². The number of nitrogens with zero attached hydrogens (tertiary/aromatic N) is 3. The van der Waals surface area contributed by atoms with Gasteiger partial charge in [-0.05, 0) is 13.8 Å². The first-order chi connectivity index (χ1) is 10.0. The second kappa shape index (κ2) is 8.20. The monoisotopic (exact) mass is 299 g/mol. The molecule has 0 aliphatic heterocycles. The minimum absolute atomic E-state index is 0.0448. The molecule has 1 aromatic rings. The average Bonchev–Trinajstić information content (AvgIpc) is 2.75. The van der Waals surface area contributed by atoms with Crippen LogP contribution in [-0.4, -0.2) is 47.4 Å². The third-order valence-electron chi connectivity index (χ3n) is 2.85. The molecule has 1 heterocycles. The summed E-state index contributed by atoms with van der Waals surface area (Å²) in [6, 6.07) is 0. The van der Waals surface area contributed by atoms with Gasteiger partial charge in [0, 0.05) is 33.2 Å².